The molecule has 1 saturated carbocycles. The molecule has 0 aromatic heterocycles. The predicted molar refractivity (Wildman–Crippen MR) is 126 cm³/mol. The van der Waals surface area contributed by atoms with Gasteiger partial charge >= 0.3 is 0 Å². The molecule has 6 heteroatoms. The van der Waals surface area contributed by atoms with E-state index in [9.17, 15) is 14.0 Å². The van der Waals surface area contributed by atoms with Crippen molar-refractivity contribution >= 4 is 23.2 Å². The minimum atomic E-state index is -0.386. The summed E-state index contributed by atoms with van der Waals surface area (Å²) in [6.45, 7) is 4.11. The van der Waals surface area contributed by atoms with Crippen LogP contribution >= 0.6 is 0 Å². The van der Waals surface area contributed by atoms with Crippen LogP contribution in [0.1, 0.15) is 72.6 Å². The van der Waals surface area contributed by atoms with Crippen LogP contribution in [0.2, 0.25) is 0 Å². The quantitative estimate of drug-likeness (QED) is 0.660. The Labute approximate surface area is 189 Å². The Morgan fingerprint density at radius 1 is 0.906 bits per heavy atom. The van der Waals surface area contributed by atoms with Gasteiger partial charge in [0.15, 0.2) is 0 Å². The summed E-state index contributed by atoms with van der Waals surface area (Å²) in [4.78, 5) is 28.2. The molecule has 2 aliphatic rings. The Balaban J connectivity index is 1.56. The summed E-state index contributed by atoms with van der Waals surface area (Å²) < 4.78 is 13.2. The average Bonchev–Trinajstić information content (AvgIpc) is 2.81. The van der Waals surface area contributed by atoms with E-state index in [0.29, 0.717) is 22.7 Å². The van der Waals surface area contributed by atoms with Crippen molar-refractivity contribution in [3.63, 3.8) is 0 Å². The van der Waals surface area contributed by atoms with Crippen LogP contribution in [-0.4, -0.2) is 30.9 Å². The molecule has 0 bridgehead atoms. The van der Waals surface area contributed by atoms with Crippen molar-refractivity contribution in [2.45, 2.75) is 57.9 Å². The van der Waals surface area contributed by atoms with E-state index < -0.39 is 0 Å². The number of nitrogens with one attached hydrogen (secondary N) is 2. The van der Waals surface area contributed by atoms with Crippen molar-refractivity contribution in [1.29, 1.82) is 0 Å². The van der Waals surface area contributed by atoms with E-state index in [1.807, 2.05) is 12.1 Å². The SMILES string of the molecule is CC1CCN(c2ccc(NC(=O)c3ccc(F)cc3)cc2C(=O)NC2CCCCC2)CC1. The monoisotopic (exact) mass is 437 g/mol. The van der Waals surface area contributed by atoms with Gasteiger partial charge in [-0.1, -0.05) is 26.2 Å². The lowest BCUT2D eigenvalue weighted by Crippen LogP contribution is -2.38. The first-order valence-electron chi connectivity index (χ1n) is 11.8. The van der Waals surface area contributed by atoms with Crippen molar-refractivity contribution in [2.75, 3.05) is 23.3 Å². The highest BCUT2D eigenvalue weighted by atomic mass is 19.1. The molecule has 2 fully saturated rings. The minimum Gasteiger partial charge on any atom is -0.371 e. The standard InChI is InChI=1S/C26H32FN3O2/c1-18-13-15-30(16-14-18)24-12-11-22(29-25(31)19-7-9-20(27)10-8-19)17-23(24)26(32)28-21-5-3-2-4-6-21/h7-12,17-18,21H,2-6,13-16H2,1H3,(H,28,32)(H,29,31). The summed E-state index contributed by atoms with van der Waals surface area (Å²) in [5.41, 5.74) is 2.45. The summed E-state index contributed by atoms with van der Waals surface area (Å²) in [6, 6.07) is 11.2. The van der Waals surface area contributed by atoms with Gasteiger partial charge in [-0.15, -0.1) is 0 Å². The molecule has 2 amide bonds. The summed E-state index contributed by atoms with van der Waals surface area (Å²) in [6.07, 6.45) is 7.77. The molecule has 1 heterocycles. The average molecular weight is 438 g/mol. The smallest absolute Gasteiger partial charge is 0.255 e. The van der Waals surface area contributed by atoms with Gasteiger partial charge in [0.25, 0.3) is 11.8 Å². The van der Waals surface area contributed by atoms with Crippen LogP contribution in [0.15, 0.2) is 42.5 Å². The number of hydrogen-bond donors (Lipinski definition) is 2. The number of carbonyl (C=O) groups excluding carboxylic acids is 2. The molecule has 0 spiro atoms. The van der Waals surface area contributed by atoms with E-state index in [4.69, 9.17) is 0 Å². The Morgan fingerprint density at radius 2 is 1.59 bits per heavy atom. The third kappa shape index (κ3) is 5.47. The molecule has 0 unspecified atom stereocenters. The second kappa shape index (κ2) is 10.2. The third-order valence-electron chi connectivity index (χ3n) is 6.67. The molecule has 1 aliphatic heterocycles. The van der Waals surface area contributed by atoms with Crippen molar-refractivity contribution < 1.29 is 14.0 Å². The number of hydrogen-bond acceptors (Lipinski definition) is 3. The molecular formula is C26H32FN3O2. The molecule has 0 radical (unpaired) electrons. The largest absolute Gasteiger partial charge is 0.371 e. The molecule has 1 saturated heterocycles. The summed E-state index contributed by atoms with van der Waals surface area (Å²) >= 11 is 0. The first-order valence-corrected chi connectivity index (χ1v) is 11.8. The Morgan fingerprint density at radius 3 is 2.28 bits per heavy atom. The number of rotatable bonds is 5. The first kappa shape index (κ1) is 22.3. The molecule has 170 valence electrons. The fourth-order valence-electron chi connectivity index (χ4n) is 4.64. The molecule has 4 rings (SSSR count). The van der Waals surface area contributed by atoms with Crippen LogP contribution in [0.3, 0.4) is 0 Å². The van der Waals surface area contributed by atoms with Crippen LogP contribution < -0.4 is 15.5 Å². The maximum absolute atomic E-state index is 13.3. The van der Waals surface area contributed by atoms with Gasteiger partial charge in [0.2, 0.25) is 0 Å². The van der Waals surface area contributed by atoms with Gasteiger partial charge in [-0.25, -0.2) is 4.39 Å². The van der Waals surface area contributed by atoms with E-state index in [-0.39, 0.29) is 23.7 Å². The third-order valence-corrected chi connectivity index (χ3v) is 6.67. The number of piperidine rings is 1. The molecular weight excluding hydrogens is 405 g/mol. The van der Waals surface area contributed by atoms with Crippen LogP contribution in [0.5, 0.6) is 0 Å². The van der Waals surface area contributed by atoms with E-state index in [1.165, 1.54) is 30.7 Å². The van der Waals surface area contributed by atoms with Crippen molar-refractivity contribution in [2.24, 2.45) is 5.92 Å². The molecule has 1 aliphatic carbocycles. The van der Waals surface area contributed by atoms with Crippen LogP contribution in [0, 0.1) is 11.7 Å². The van der Waals surface area contributed by atoms with Gasteiger partial charge in [-0.2, -0.15) is 0 Å². The zero-order chi connectivity index (χ0) is 22.5. The number of anilines is 2. The molecule has 0 atom stereocenters. The number of carbonyl (C=O) groups is 2. The van der Waals surface area contributed by atoms with Gasteiger partial charge < -0.3 is 15.5 Å². The van der Waals surface area contributed by atoms with Gasteiger partial charge in [0.1, 0.15) is 5.82 Å². The van der Waals surface area contributed by atoms with Crippen molar-refractivity contribution in [1.82, 2.24) is 5.32 Å². The lowest BCUT2D eigenvalue weighted by atomic mass is 9.95. The molecule has 32 heavy (non-hydrogen) atoms. The normalized spacial score (nSPS) is 17.8. The Bertz CT molecular complexity index is 946. The predicted octanol–water partition coefficient (Wildman–Crippen LogP) is 5.38. The van der Waals surface area contributed by atoms with Crippen molar-refractivity contribution in [3.05, 3.63) is 59.4 Å². The maximum atomic E-state index is 13.3. The fraction of sp³-hybridized carbons (Fsp3) is 0.462. The summed E-state index contributed by atoms with van der Waals surface area (Å²) in [5, 5.41) is 6.08. The van der Waals surface area contributed by atoms with E-state index >= 15 is 0 Å². The van der Waals surface area contributed by atoms with Gasteiger partial charge in [-0.05, 0) is 74.1 Å². The fourth-order valence-corrected chi connectivity index (χ4v) is 4.64. The molecule has 2 aromatic rings. The van der Waals surface area contributed by atoms with Gasteiger partial charge in [0, 0.05) is 36.1 Å². The minimum absolute atomic E-state index is 0.0802. The highest BCUT2D eigenvalue weighted by Gasteiger charge is 2.24. The molecule has 2 aromatic carbocycles. The van der Waals surface area contributed by atoms with E-state index in [2.05, 4.69) is 22.5 Å². The number of nitrogens with zero attached hydrogens (tertiary/aromatic N) is 1. The maximum Gasteiger partial charge on any atom is 0.255 e. The van der Waals surface area contributed by atoms with Crippen LogP contribution in [0.25, 0.3) is 0 Å². The zero-order valence-electron chi connectivity index (χ0n) is 18.7. The van der Waals surface area contributed by atoms with Gasteiger partial charge in [0.05, 0.1) is 5.56 Å². The van der Waals surface area contributed by atoms with Crippen LogP contribution in [0.4, 0.5) is 15.8 Å². The summed E-state index contributed by atoms with van der Waals surface area (Å²) in [7, 11) is 0. The number of amides is 2. The number of halogens is 1. The Kier molecular flexibility index (Phi) is 7.08. The molecule has 5 nitrogen and oxygen atoms in total. The lowest BCUT2D eigenvalue weighted by molar-refractivity contribution is 0.0927. The first-order chi connectivity index (χ1) is 15.5. The second-order valence-electron chi connectivity index (χ2n) is 9.17. The highest BCUT2D eigenvalue weighted by Crippen LogP contribution is 2.29. The topological polar surface area (TPSA) is 61.4 Å². The van der Waals surface area contributed by atoms with E-state index in [0.717, 1.165) is 57.3 Å². The summed E-state index contributed by atoms with van der Waals surface area (Å²) in [5.74, 6) is -0.102. The number of benzene rings is 2. The van der Waals surface area contributed by atoms with Crippen LogP contribution in [-0.2, 0) is 0 Å². The Hall–Kier alpha value is -2.89. The van der Waals surface area contributed by atoms with E-state index in [1.54, 1.807) is 6.07 Å². The lowest BCUT2D eigenvalue weighted by Gasteiger charge is -2.34. The van der Waals surface area contributed by atoms with Crippen molar-refractivity contribution in [3.8, 4) is 0 Å². The zero-order valence-corrected chi connectivity index (χ0v) is 18.7. The van der Waals surface area contributed by atoms with Gasteiger partial charge in [-0.3, -0.25) is 9.59 Å². The highest BCUT2D eigenvalue weighted by molar-refractivity contribution is 6.06. The molecule has 2 N–H and O–H groups in total. The second-order valence-corrected chi connectivity index (χ2v) is 9.17.